The van der Waals surface area contributed by atoms with E-state index < -0.39 is 22.8 Å². The fourth-order valence-electron chi connectivity index (χ4n) is 2.24. The van der Waals surface area contributed by atoms with Crippen molar-refractivity contribution < 1.29 is 27.8 Å². The molecule has 1 atom stereocenters. The van der Waals surface area contributed by atoms with Gasteiger partial charge >= 0.3 is 12.1 Å². The molecule has 0 amide bonds. The first-order valence-electron chi connectivity index (χ1n) is 5.91. The Balaban J connectivity index is 2.39. The van der Waals surface area contributed by atoms with Crippen LogP contribution >= 0.6 is 11.3 Å². The molecule has 1 N–H and O–H groups in total. The van der Waals surface area contributed by atoms with E-state index in [-0.39, 0.29) is 11.0 Å². The van der Waals surface area contributed by atoms with Crippen molar-refractivity contribution >= 4 is 22.3 Å². The van der Waals surface area contributed by atoms with E-state index in [1.165, 1.54) is 7.11 Å². The molecule has 5 nitrogen and oxygen atoms in total. The summed E-state index contributed by atoms with van der Waals surface area (Å²) in [4.78, 5) is 16.0. The maximum atomic E-state index is 12.7. The number of hydrogen-bond donors (Lipinski definition) is 1. The van der Waals surface area contributed by atoms with Crippen LogP contribution in [0.1, 0.15) is 28.3 Å². The molecular weight excluding hydrogens is 297 g/mol. The van der Waals surface area contributed by atoms with Crippen LogP contribution in [0.25, 0.3) is 0 Å². The predicted octanol–water partition coefficient (Wildman–Crippen LogP) is 2.48. The van der Waals surface area contributed by atoms with E-state index in [2.05, 4.69) is 4.98 Å². The number of anilines is 1. The SMILES string of the molecule is COC[C@@H]1CCCN1c1sc(C(F)(F)F)nc1C(=O)O. The number of thiazole rings is 1. The maximum Gasteiger partial charge on any atom is 0.443 e. The van der Waals surface area contributed by atoms with Crippen LogP contribution in [0.2, 0.25) is 0 Å². The van der Waals surface area contributed by atoms with Gasteiger partial charge in [-0.15, -0.1) is 0 Å². The van der Waals surface area contributed by atoms with Crippen molar-refractivity contribution in [3.05, 3.63) is 10.7 Å². The Morgan fingerprint density at radius 3 is 2.85 bits per heavy atom. The highest BCUT2D eigenvalue weighted by molar-refractivity contribution is 7.16. The van der Waals surface area contributed by atoms with E-state index in [4.69, 9.17) is 9.84 Å². The Hall–Kier alpha value is -1.35. The smallest absolute Gasteiger partial charge is 0.443 e. The summed E-state index contributed by atoms with van der Waals surface area (Å²) in [6.07, 6.45) is -3.10. The number of ether oxygens (including phenoxy) is 1. The number of aromatic nitrogens is 1. The molecule has 1 aromatic heterocycles. The molecule has 2 heterocycles. The number of halogens is 3. The molecule has 20 heavy (non-hydrogen) atoms. The van der Waals surface area contributed by atoms with Gasteiger partial charge in [-0.05, 0) is 12.8 Å². The van der Waals surface area contributed by atoms with Crippen LogP contribution in [0.3, 0.4) is 0 Å². The number of alkyl halides is 3. The number of nitrogens with zero attached hydrogens (tertiary/aromatic N) is 2. The molecule has 1 aliphatic rings. The molecule has 9 heteroatoms. The van der Waals surface area contributed by atoms with Crippen molar-refractivity contribution in [1.29, 1.82) is 0 Å². The number of carboxylic acid groups (broad SMARTS) is 1. The van der Waals surface area contributed by atoms with Crippen LogP contribution in [-0.2, 0) is 10.9 Å². The Morgan fingerprint density at radius 2 is 2.30 bits per heavy atom. The summed E-state index contributed by atoms with van der Waals surface area (Å²) in [6.45, 7) is 0.853. The second-order valence-electron chi connectivity index (χ2n) is 4.42. The molecule has 0 radical (unpaired) electrons. The Labute approximate surface area is 117 Å². The Kier molecular flexibility index (Phi) is 4.19. The lowest BCUT2D eigenvalue weighted by Gasteiger charge is -2.24. The summed E-state index contributed by atoms with van der Waals surface area (Å²) in [5, 5.41) is 7.97. The monoisotopic (exact) mass is 310 g/mol. The fraction of sp³-hybridized carbons (Fsp3) is 0.636. The van der Waals surface area contributed by atoms with E-state index in [0.717, 1.165) is 12.8 Å². The lowest BCUT2D eigenvalue weighted by atomic mass is 10.2. The average molecular weight is 310 g/mol. The van der Waals surface area contributed by atoms with E-state index in [1.807, 2.05) is 0 Å². The summed E-state index contributed by atoms with van der Waals surface area (Å²) in [7, 11) is 1.50. The molecule has 0 aliphatic carbocycles. The van der Waals surface area contributed by atoms with Crippen molar-refractivity contribution in [2.45, 2.75) is 25.1 Å². The predicted molar refractivity (Wildman–Crippen MR) is 66.3 cm³/mol. The zero-order valence-electron chi connectivity index (χ0n) is 10.6. The van der Waals surface area contributed by atoms with Crippen LogP contribution in [-0.4, -0.2) is 42.4 Å². The zero-order chi connectivity index (χ0) is 14.9. The molecule has 1 saturated heterocycles. The first-order valence-corrected chi connectivity index (χ1v) is 6.73. The molecular formula is C11H13F3N2O3S. The minimum atomic E-state index is -4.64. The first-order chi connectivity index (χ1) is 9.34. The Bertz CT molecular complexity index is 504. The van der Waals surface area contributed by atoms with E-state index in [9.17, 15) is 18.0 Å². The van der Waals surface area contributed by atoms with Gasteiger partial charge in [-0.25, -0.2) is 9.78 Å². The van der Waals surface area contributed by atoms with E-state index in [1.54, 1.807) is 4.90 Å². The zero-order valence-corrected chi connectivity index (χ0v) is 11.4. The standard InChI is InChI=1S/C11H13F3N2O3S/c1-19-5-6-3-2-4-16(6)8-7(9(17)18)15-10(20-8)11(12,13)14/h6H,2-5H2,1H3,(H,17,18)/t6-/m0/s1. The number of carbonyl (C=O) groups is 1. The molecule has 0 saturated carbocycles. The minimum absolute atomic E-state index is 0.0596. The summed E-state index contributed by atoms with van der Waals surface area (Å²) in [6, 6.07) is -0.111. The molecule has 0 spiro atoms. The highest BCUT2D eigenvalue weighted by Gasteiger charge is 2.39. The third-order valence-electron chi connectivity index (χ3n) is 3.05. The number of hydrogen-bond acceptors (Lipinski definition) is 5. The summed E-state index contributed by atoms with van der Waals surface area (Å²) < 4.78 is 43.1. The van der Waals surface area contributed by atoms with Gasteiger partial charge < -0.3 is 14.7 Å². The van der Waals surface area contributed by atoms with Crippen LogP contribution in [0.15, 0.2) is 0 Å². The second-order valence-corrected chi connectivity index (χ2v) is 5.40. The highest BCUT2D eigenvalue weighted by atomic mass is 32.1. The van der Waals surface area contributed by atoms with Gasteiger partial charge in [0.05, 0.1) is 12.6 Å². The molecule has 0 unspecified atom stereocenters. The highest BCUT2D eigenvalue weighted by Crippen LogP contribution is 2.40. The van der Waals surface area contributed by atoms with Crippen molar-refractivity contribution in [2.75, 3.05) is 25.2 Å². The lowest BCUT2D eigenvalue weighted by molar-refractivity contribution is -0.137. The molecule has 0 aromatic carbocycles. The molecule has 2 rings (SSSR count). The van der Waals surface area contributed by atoms with Crippen molar-refractivity contribution in [1.82, 2.24) is 4.98 Å². The minimum Gasteiger partial charge on any atom is -0.476 e. The van der Waals surface area contributed by atoms with Gasteiger partial charge in [-0.2, -0.15) is 13.2 Å². The van der Waals surface area contributed by atoms with Crippen LogP contribution in [0.5, 0.6) is 0 Å². The molecule has 1 aromatic rings. The maximum absolute atomic E-state index is 12.7. The number of carboxylic acids is 1. The third-order valence-corrected chi connectivity index (χ3v) is 4.19. The van der Waals surface area contributed by atoms with Crippen LogP contribution in [0, 0.1) is 0 Å². The van der Waals surface area contributed by atoms with Gasteiger partial charge in [0, 0.05) is 13.7 Å². The first kappa shape index (κ1) is 15.0. The van der Waals surface area contributed by atoms with Crippen LogP contribution in [0.4, 0.5) is 18.2 Å². The van der Waals surface area contributed by atoms with E-state index in [0.29, 0.717) is 24.5 Å². The number of aromatic carboxylic acids is 1. The number of methoxy groups -OCH3 is 1. The van der Waals surface area contributed by atoms with Crippen molar-refractivity contribution in [2.24, 2.45) is 0 Å². The third kappa shape index (κ3) is 2.88. The van der Waals surface area contributed by atoms with E-state index >= 15 is 0 Å². The fourth-order valence-corrected chi connectivity index (χ4v) is 3.26. The summed E-state index contributed by atoms with van der Waals surface area (Å²) >= 11 is 0.375. The van der Waals surface area contributed by atoms with Crippen LogP contribution < -0.4 is 4.90 Å². The van der Waals surface area contributed by atoms with Gasteiger partial charge in [-0.1, -0.05) is 11.3 Å². The molecule has 1 fully saturated rings. The lowest BCUT2D eigenvalue weighted by Crippen LogP contribution is -2.33. The molecule has 0 bridgehead atoms. The molecule has 112 valence electrons. The van der Waals surface area contributed by atoms with Gasteiger partial charge in [0.25, 0.3) is 0 Å². The quantitative estimate of drug-likeness (QED) is 0.925. The van der Waals surface area contributed by atoms with Gasteiger partial charge in [0.1, 0.15) is 5.00 Å². The summed E-state index contributed by atoms with van der Waals surface area (Å²) in [5.74, 6) is -1.45. The largest absolute Gasteiger partial charge is 0.476 e. The second kappa shape index (κ2) is 5.57. The van der Waals surface area contributed by atoms with Crippen molar-refractivity contribution in [3.8, 4) is 0 Å². The average Bonchev–Trinajstić information content (AvgIpc) is 2.93. The topological polar surface area (TPSA) is 62.7 Å². The van der Waals surface area contributed by atoms with Gasteiger partial charge in [0.15, 0.2) is 5.69 Å². The molecule has 1 aliphatic heterocycles. The van der Waals surface area contributed by atoms with Gasteiger partial charge in [0.2, 0.25) is 5.01 Å². The summed E-state index contributed by atoms with van der Waals surface area (Å²) in [5.41, 5.74) is -0.537. The van der Waals surface area contributed by atoms with Crippen molar-refractivity contribution in [3.63, 3.8) is 0 Å². The Morgan fingerprint density at radius 1 is 1.60 bits per heavy atom. The van der Waals surface area contributed by atoms with Gasteiger partial charge in [-0.3, -0.25) is 0 Å². The normalized spacial score (nSPS) is 19.6. The number of rotatable bonds is 4.